The monoisotopic (exact) mass is 472 g/mol. The molecule has 1 spiro atoms. The number of aromatic hydroxyl groups is 1. The number of carbonyl (C=O) groups excluding carboxylic acids is 2. The molecule has 1 aromatic rings. The Balaban J connectivity index is 1.90. The molecule has 3 aliphatic rings. The van der Waals surface area contributed by atoms with Gasteiger partial charge in [-0.2, -0.15) is 0 Å². The number of anilines is 1. The van der Waals surface area contributed by atoms with E-state index >= 15 is 0 Å². The number of amides is 2. The van der Waals surface area contributed by atoms with Crippen LogP contribution in [0.4, 0.5) is 10.5 Å². The molecule has 0 aromatic heterocycles. The minimum atomic E-state index is -2.36. The summed E-state index contributed by atoms with van der Waals surface area (Å²) in [5, 5.41) is 10.4. The first-order chi connectivity index (χ1) is 15.3. The minimum Gasteiger partial charge on any atom is -0.508 e. The Morgan fingerprint density at radius 2 is 2.00 bits per heavy atom. The second kappa shape index (κ2) is 7.87. The lowest BCUT2D eigenvalue weighted by Crippen LogP contribution is -2.58. The van der Waals surface area contributed by atoms with Crippen molar-refractivity contribution in [3.05, 3.63) is 35.9 Å². The molecule has 180 valence electrons. The van der Waals surface area contributed by atoms with Gasteiger partial charge in [0, 0.05) is 12.6 Å². The van der Waals surface area contributed by atoms with Crippen LogP contribution < -0.4 is 4.90 Å². The number of phenols is 1. The summed E-state index contributed by atoms with van der Waals surface area (Å²) in [6, 6.07) is 2.89. The van der Waals surface area contributed by atoms with E-state index in [-0.39, 0.29) is 34.8 Å². The van der Waals surface area contributed by atoms with E-state index in [9.17, 15) is 14.7 Å². The van der Waals surface area contributed by atoms with Crippen molar-refractivity contribution in [2.45, 2.75) is 77.4 Å². The van der Waals surface area contributed by atoms with E-state index in [4.69, 9.17) is 9.16 Å². The lowest BCUT2D eigenvalue weighted by atomic mass is 10.0. The maximum atomic E-state index is 13.8. The van der Waals surface area contributed by atoms with Gasteiger partial charge in [-0.25, -0.2) is 9.69 Å². The van der Waals surface area contributed by atoms with Crippen molar-refractivity contribution < 1.29 is 23.9 Å². The number of nitrogens with zero attached hydrogens (tertiary/aromatic N) is 2. The van der Waals surface area contributed by atoms with E-state index in [0.29, 0.717) is 23.4 Å². The molecule has 1 saturated carbocycles. The molecule has 0 radical (unpaired) electrons. The highest BCUT2D eigenvalue weighted by molar-refractivity contribution is 6.74. The number of ether oxygens (including phenoxy) is 1. The van der Waals surface area contributed by atoms with E-state index < -0.39 is 20.6 Å². The Morgan fingerprint density at radius 3 is 2.58 bits per heavy atom. The van der Waals surface area contributed by atoms with E-state index in [0.717, 1.165) is 19.3 Å². The third-order valence-corrected chi connectivity index (χ3v) is 12.3. The first kappa shape index (κ1) is 23.8. The van der Waals surface area contributed by atoms with Crippen molar-refractivity contribution >= 4 is 26.0 Å². The zero-order valence-corrected chi connectivity index (χ0v) is 21.6. The number of fused-ring (bicyclic) bond motifs is 2. The zero-order chi connectivity index (χ0) is 24.3. The molecule has 2 aliphatic heterocycles. The number of hydrogen-bond acceptors (Lipinski definition) is 5. The molecular weight excluding hydrogens is 436 g/mol. The Morgan fingerprint density at radius 1 is 1.33 bits per heavy atom. The van der Waals surface area contributed by atoms with Gasteiger partial charge in [-0.1, -0.05) is 33.4 Å². The molecule has 0 unspecified atom stereocenters. The number of rotatable bonds is 4. The lowest BCUT2D eigenvalue weighted by Gasteiger charge is -2.44. The molecule has 2 heterocycles. The highest BCUT2D eigenvalue weighted by Crippen LogP contribution is 2.57. The number of carbonyl (C=O) groups is 2. The van der Waals surface area contributed by atoms with Crippen LogP contribution in [-0.2, 0) is 9.16 Å². The summed E-state index contributed by atoms with van der Waals surface area (Å²) in [6.07, 6.45) is 3.18. The molecule has 33 heavy (non-hydrogen) atoms. The zero-order valence-electron chi connectivity index (χ0n) is 20.6. The van der Waals surface area contributed by atoms with Gasteiger partial charge in [0.05, 0.1) is 17.3 Å². The van der Waals surface area contributed by atoms with Crippen molar-refractivity contribution in [2.75, 3.05) is 18.1 Å². The Kier molecular flexibility index (Phi) is 5.68. The SMILES string of the molecule is C=CCOC(=O)N1c2cc(O)c(C)cc2C(=O)N2CC3(CC3)C[C@H]2[C@@H]1O[Si](C)(C)C(C)(C)C. The van der Waals surface area contributed by atoms with Crippen molar-refractivity contribution in [2.24, 2.45) is 5.41 Å². The smallest absolute Gasteiger partial charge is 0.416 e. The maximum Gasteiger partial charge on any atom is 0.416 e. The largest absolute Gasteiger partial charge is 0.508 e. The summed E-state index contributed by atoms with van der Waals surface area (Å²) in [6.45, 7) is 16.9. The van der Waals surface area contributed by atoms with Gasteiger partial charge in [-0.3, -0.25) is 4.79 Å². The van der Waals surface area contributed by atoms with Gasteiger partial charge in [0.1, 0.15) is 12.4 Å². The van der Waals surface area contributed by atoms with Gasteiger partial charge in [0.15, 0.2) is 14.5 Å². The average molecular weight is 473 g/mol. The fourth-order valence-electron chi connectivity index (χ4n) is 4.65. The minimum absolute atomic E-state index is 0.0230. The molecular formula is C25H36N2O5Si. The van der Waals surface area contributed by atoms with Gasteiger partial charge >= 0.3 is 6.09 Å². The normalized spacial score (nSPS) is 23.8. The van der Waals surface area contributed by atoms with Crippen LogP contribution in [0.2, 0.25) is 18.1 Å². The van der Waals surface area contributed by atoms with E-state index in [1.165, 1.54) is 17.0 Å². The van der Waals surface area contributed by atoms with Gasteiger partial charge in [0.2, 0.25) is 0 Å². The maximum absolute atomic E-state index is 13.8. The molecule has 1 N–H and O–H groups in total. The summed E-state index contributed by atoms with van der Waals surface area (Å²) in [5.74, 6) is -0.0976. The lowest BCUT2D eigenvalue weighted by molar-refractivity contribution is 0.0528. The first-order valence-corrected chi connectivity index (χ1v) is 14.6. The topological polar surface area (TPSA) is 79.3 Å². The number of aryl methyl sites for hydroxylation is 1. The second-order valence-corrected chi connectivity index (χ2v) is 16.1. The van der Waals surface area contributed by atoms with Gasteiger partial charge in [0.25, 0.3) is 5.91 Å². The van der Waals surface area contributed by atoms with Crippen LogP contribution in [0.5, 0.6) is 5.75 Å². The fourth-order valence-corrected chi connectivity index (χ4v) is 5.86. The fraction of sp³-hybridized carbons (Fsp3) is 0.600. The molecule has 2 atom stereocenters. The molecule has 1 aliphatic carbocycles. The summed E-state index contributed by atoms with van der Waals surface area (Å²) in [4.78, 5) is 30.6. The second-order valence-electron chi connectivity index (χ2n) is 11.4. The molecule has 2 amide bonds. The van der Waals surface area contributed by atoms with Crippen LogP contribution in [0.3, 0.4) is 0 Å². The van der Waals surface area contributed by atoms with Crippen LogP contribution in [0.15, 0.2) is 24.8 Å². The molecule has 7 nitrogen and oxygen atoms in total. The van der Waals surface area contributed by atoms with E-state index in [1.54, 1.807) is 13.0 Å². The van der Waals surface area contributed by atoms with E-state index in [1.807, 2.05) is 4.90 Å². The summed E-state index contributed by atoms with van der Waals surface area (Å²) in [5.41, 5.74) is 1.43. The molecule has 1 saturated heterocycles. The molecule has 2 fully saturated rings. The molecule has 8 heteroatoms. The standard InChI is InChI=1S/C25H36N2O5Si/c1-8-11-31-23(30)27-18-13-20(28)16(2)12-17(18)21(29)26-15-25(9-10-25)14-19(26)22(27)32-33(6,7)24(3,4)5/h8,12-13,19,22,28H,1,9-11,14-15H2,2-7H3/t19-,22-/m0/s1. The van der Waals surface area contributed by atoms with Crippen LogP contribution in [0.25, 0.3) is 0 Å². The quantitative estimate of drug-likeness (QED) is 0.482. The predicted molar refractivity (Wildman–Crippen MR) is 130 cm³/mol. The van der Waals surface area contributed by atoms with Crippen LogP contribution in [0, 0.1) is 12.3 Å². The third kappa shape index (κ3) is 4.08. The van der Waals surface area contributed by atoms with Gasteiger partial charge < -0.3 is 19.2 Å². The summed E-state index contributed by atoms with van der Waals surface area (Å²) in [7, 11) is -2.36. The van der Waals surface area contributed by atoms with Crippen molar-refractivity contribution in [3.8, 4) is 5.75 Å². The van der Waals surface area contributed by atoms with Crippen molar-refractivity contribution in [1.29, 1.82) is 0 Å². The molecule has 1 aromatic carbocycles. The highest BCUT2D eigenvalue weighted by Gasteiger charge is 2.59. The number of phenolic OH excluding ortho intramolecular Hbond substituents is 1. The Labute approximate surface area is 197 Å². The van der Waals surface area contributed by atoms with Crippen molar-refractivity contribution in [1.82, 2.24) is 4.90 Å². The highest BCUT2D eigenvalue weighted by atomic mass is 28.4. The number of benzene rings is 1. The molecule has 0 bridgehead atoms. The molecule has 4 rings (SSSR count). The Bertz CT molecular complexity index is 995. The Hall–Kier alpha value is -2.32. The predicted octanol–water partition coefficient (Wildman–Crippen LogP) is 5.19. The van der Waals surface area contributed by atoms with Gasteiger partial charge in [-0.05, 0) is 61.4 Å². The van der Waals surface area contributed by atoms with E-state index in [2.05, 4.69) is 40.4 Å². The van der Waals surface area contributed by atoms with Crippen LogP contribution in [-0.4, -0.2) is 55.7 Å². The number of hydrogen-bond donors (Lipinski definition) is 1. The van der Waals surface area contributed by atoms with Crippen LogP contribution in [0.1, 0.15) is 56.0 Å². The first-order valence-electron chi connectivity index (χ1n) is 11.7. The summed E-state index contributed by atoms with van der Waals surface area (Å²) >= 11 is 0. The average Bonchev–Trinajstić information content (AvgIpc) is 3.37. The van der Waals surface area contributed by atoms with Crippen LogP contribution >= 0.6 is 0 Å². The van der Waals surface area contributed by atoms with Crippen molar-refractivity contribution in [3.63, 3.8) is 0 Å². The van der Waals surface area contributed by atoms with Gasteiger partial charge in [-0.15, -0.1) is 0 Å². The third-order valence-electron chi connectivity index (χ3n) is 7.90. The summed E-state index contributed by atoms with van der Waals surface area (Å²) < 4.78 is 12.4.